The average Bonchev–Trinajstić information content (AvgIpc) is 2.56. The number of nitrogens with one attached hydrogen (secondary N) is 1. The van der Waals surface area contributed by atoms with Crippen LogP contribution in [0.4, 0.5) is 10.1 Å². The molecule has 0 unspecified atom stereocenters. The summed E-state index contributed by atoms with van der Waals surface area (Å²) in [4.78, 5) is 23.3. The van der Waals surface area contributed by atoms with Gasteiger partial charge in [0.1, 0.15) is 5.82 Å². The van der Waals surface area contributed by atoms with Crippen LogP contribution in [0.2, 0.25) is 0 Å². The molecular formula is C18H16FNO3. The number of carbonyl (C=O) groups is 2. The summed E-state index contributed by atoms with van der Waals surface area (Å²) in [6, 6.07) is 11.1. The number of esters is 1. The van der Waals surface area contributed by atoms with Gasteiger partial charge >= 0.3 is 5.97 Å². The van der Waals surface area contributed by atoms with E-state index in [0.717, 1.165) is 0 Å². The molecular weight excluding hydrogens is 297 g/mol. The molecule has 4 nitrogen and oxygen atoms in total. The van der Waals surface area contributed by atoms with E-state index in [4.69, 9.17) is 0 Å². The summed E-state index contributed by atoms with van der Waals surface area (Å²) in [7, 11) is 1.29. The first-order valence-electron chi connectivity index (χ1n) is 6.93. The predicted octanol–water partition coefficient (Wildman–Crippen LogP) is 3.57. The summed E-state index contributed by atoms with van der Waals surface area (Å²) in [5.41, 5.74) is 2.10. The van der Waals surface area contributed by atoms with Crippen molar-refractivity contribution in [3.8, 4) is 0 Å². The van der Waals surface area contributed by atoms with Crippen molar-refractivity contribution in [2.45, 2.75) is 6.92 Å². The SMILES string of the molecule is COC(=O)/C=C/c1cccc(C(=O)Nc2ccc(F)c(C)c2)c1. The lowest BCUT2D eigenvalue weighted by atomic mass is 10.1. The molecule has 0 saturated carbocycles. The Morgan fingerprint density at radius 1 is 1.17 bits per heavy atom. The van der Waals surface area contributed by atoms with Gasteiger partial charge in [-0.2, -0.15) is 0 Å². The normalized spacial score (nSPS) is 10.6. The third-order valence-corrected chi connectivity index (χ3v) is 3.18. The Hall–Kier alpha value is -2.95. The fourth-order valence-corrected chi connectivity index (χ4v) is 1.94. The lowest BCUT2D eigenvalue weighted by Gasteiger charge is -2.07. The molecule has 1 amide bonds. The molecule has 2 aromatic rings. The lowest BCUT2D eigenvalue weighted by Crippen LogP contribution is -2.12. The van der Waals surface area contributed by atoms with Crippen molar-refractivity contribution in [2.75, 3.05) is 12.4 Å². The molecule has 0 aromatic heterocycles. The van der Waals surface area contributed by atoms with Crippen molar-refractivity contribution in [1.29, 1.82) is 0 Å². The van der Waals surface area contributed by atoms with Crippen LogP contribution >= 0.6 is 0 Å². The van der Waals surface area contributed by atoms with E-state index in [-0.39, 0.29) is 11.7 Å². The molecule has 118 valence electrons. The van der Waals surface area contributed by atoms with Crippen LogP contribution in [0, 0.1) is 12.7 Å². The first-order valence-corrected chi connectivity index (χ1v) is 6.93. The highest BCUT2D eigenvalue weighted by Gasteiger charge is 2.07. The largest absolute Gasteiger partial charge is 0.466 e. The highest BCUT2D eigenvalue weighted by atomic mass is 19.1. The minimum absolute atomic E-state index is 0.315. The molecule has 0 aliphatic rings. The maximum Gasteiger partial charge on any atom is 0.330 e. The number of ether oxygens (including phenoxy) is 1. The highest BCUT2D eigenvalue weighted by Crippen LogP contribution is 2.15. The van der Waals surface area contributed by atoms with Gasteiger partial charge in [0.25, 0.3) is 5.91 Å². The average molecular weight is 313 g/mol. The second-order valence-electron chi connectivity index (χ2n) is 4.90. The van der Waals surface area contributed by atoms with E-state index in [9.17, 15) is 14.0 Å². The number of amides is 1. The van der Waals surface area contributed by atoms with Gasteiger partial charge in [0.05, 0.1) is 7.11 Å². The Labute approximate surface area is 133 Å². The fraction of sp³-hybridized carbons (Fsp3) is 0.111. The molecule has 0 atom stereocenters. The zero-order chi connectivity index (χ0) is 16.8. The molecule has 0 fully saturated rings. The first kappa shape index (κ1) is 16.4. The van der Waals surface area contributed by atoms with E-state index in [2.05, 4.69) is 10.1 Å². The van der Waals surface area contributed by atoms with Gasteiger partial charge in [0.2, 0.25) is 0 Å². The Balaban J connectivity index is 2.14. The number of aryl methyl sites for hydroxylation is 1. The van der Waals surface area contributed by atoms with E-state index < -0.39 is 5.97 Å². The minimum Gasteiger partial charge on any atom is -0.466 e. The van der Waals surface area contributed by atoms with Gasteiger partial charge in [0.15, 0.2) is 0 Å². The Kier molecular flexibility index (Phi) is 5.25. The zero-order valence-corrected chi connectivity index (χ0v) is 12.8. The zero-order valence-electron chi connectivity index (χ0n) is 12.8. The Morgan fingerprint density at radius 3 is 2.65 bits per heavy atom. The van der Waals surface area contributed by atoms with Crippen molar-refractivity contribution < 1.29 is 18.7 Å². The smallest absolute Gasteiger partial charge is 0.330 e. The molecule has 0 bridgehead atoms. The highest BCUT2D eigenvalue weighted by molar-refractivity contribution is 6.04. The van der Waals surface area contributed by atoms with E-state index in [1.165, 1.54) is 25.3 Å². The molecule has 0 spiro atoms. The number of anilines is 1. The first-order chi connectivity index (χ1) is 11.0. The quantitative estimate of drug-likeness (QED) is 0.693. The number of halogens is 1. The van der Waals surface area contributed by atoms with Gasteiger partial charge in [-0.1, -0.05) is 12.1 Å². The number of carbonyl (C=O) groups excluding carboxylic acids is 2. The van der Waals surface area contributed by atoms with Gasteiger partial charge in [-0.25, -0.2) is 9.18 Å². The van der Waals surface area contributed by atoms with Crippen LogP contribution in [0.3, 0.4) is 0 Å². The number of hydrogen-bond acceptors (Lipinski definition) is 3. The number of benzene rings is 2. The Morgan fingerprint density at radius 2 is 1.96 bits per heavy atom. The molecule has 0 radical (unpaired) electrons. The summed E-state index contributed by atoms with van der Waals surface area (Å²) in [5.74, 6) is -1.11. The van der Waals surface area contributed by atoms with Crippen molar-refractivity contribution in [1.82, 2.24) is 0 Å². The summed E-state index contributed by atoms with van der Waals surface area (Å²) in [6.07, 6.45) is 2.84. The van der Waals surface area contributed by atoms with Gasteiger partial charge in [-0.15, -0.1) is 0 Å². The van der Waals surface area contributed by atoms with E-state index in [0.29, 0.717) is 22.4 Å². The van der Waals surface area contributed by atoms with Crippen LogP contribution in [0.25, 0.3) is 6.08 Å². The van der Waals surface area contributed by atoms with Crippen molar-refractivity contribution in [3.63, 3.8) is 0 Å². The van der Waals surface area contributed by atoms with Gasteiger partial charge in [-0.05, 0) is 54.5 Å². The minimum atomic E-state index is -0.471. The third kappa shape index (κ3) is 4.51. The molecule has 0 heterocycles. The van der Waals surface area contributed by atoms with E-state index in [1.807, 2.05) is 0 Å². The summed E-state index contributed by atoms with van der Waals surface area (Å²) < 4.78 is 17.7. The maximum atomic E-state index is 13.2. The van der Waals surface area contributed by atoms with Gasteiger partial charge in [-0.3, -0.25) is 4.79 Å². The van der Waals surface area contributed by atoms with Crippen molar-refractivity contribution in [2.24, 2.45) is 0 Å². The molecule has 0 aliphatic heterocycles. The van der Waals surface area contributed by atoms with E-state index in [1.54, 1.807) is 43.3 Å². The number of hydrogen-bond donors (Lipinski definition) is 1. The molecule has 0 saturated heterocycles. The number of rotatable bonds is 4. The second-order valence-corrected chi connectivity index (χ2v) is 4.90. The van der Waals surface area contributed by atoms with Crippen LogP contribution < -0.4 is 5.32 Å². The van der Waals surface area contributed by atoms with Crippen LogP contribution in [0.5, 0.6) is 0 Å². The monoisotopic (exact) mass is 313 g/mol. The van der Waals surface area contributed by atoms with E-state index >= 15 is 0 Å². The van der Waals surface area contributed by atoms with Crippen LogP contribution in [0.1, 0.15) is 21.5 Å². The number of methoxy groups -OCH3 is 1. The van der Waals surface area contributed by atoms with Gasteiger partial charge < -0.3 is 10.1 Å². The summed E-state index contributed by atoms with van der Waals surface area (Å²) in [5, 5.41) is 2.71. The van der Waals surface area contributed by atoms with Crippen LogP contribution in [-0.4, -0.2) is 19.0 Å². The summed E-state index contributed by atoms with van der Waals surface area (Å²) in [6.45, 7) is 1.63. The summed E-state index contributed by atoms with van der Waals surface area (Å²) >= 11 is 0. The third-order valence-electron chi connectivity index (χ3n) is 3.18. The van der Waals surface area contributed by atoms with Crippen molar-refractivity contribution >= 4 is 23.6 Å². The lowest BCUT2D eigenvalue weighted by molar-refractivity contribution is -0.134. The van der Waals surface area contributed by atoms with Crippen molar-refractivity contribution in [3.05, 3.63) is 71.0 Å². The van der Waals surface area contributed by atoms with Crippen LogP contribution in [0.15, 0.2) is 48.5 Å². The second kappa shape index (κ2) is 7.35. The standard InChI is InChI=1S/C18H16FNO3/c1-12-10-15(7-8-16(12)19)20-18(22)14-5-3-4-13(11-14)6-9-17(21)23-2/h3-11H,1-2H3,(H,20,22)/b9-6+. The molecule has 5 heteroatoms. The molecule has 23 heavy (non-hydrogen) atoms. The molecule has 2 aromatic carbocycles. The maximum absolute atomic E-state index is 13.2. The Bertz CT molecular complexity index is 769. The molecule has 0 aliphatic carbocycles. The molecule has 1 N–H and O–H groups in total. The van der Waals surface area contributed by atoms with Crippen LogP contribution in [-0.2, 0) is 9.53 Å². The topological polar surface area (TPSA) is 55.4 Å². The fourth-order valence-electron chi connectivity index (χ4n) is 1.94. The predicted molar refractivity (Wildman–Crippen MR) is 86.6 cm³/mol. The van der Waals surface area contributed by atoms with Gasteiger partial charge in [0, 0.05) is 17.3 Å². The molecule has 2 rings (SSSR count).